The van der Waals surface area contributed by atoms with Crippen LogP contribution >= 0.6 is 23.4 Å². The van der Waals surface area contributed by atoms with Gasteiger partial charge < -0.3 is 15.4 Å². The molecule has 0 fully saturated rings. The highest BCUT2D eigenvalue weighted by Crippen LogP contribution is 2.27. The van der Waals surface area contributed by atoms with Gasteiger partial charge in [0.2, 0.25) is 5.91 Å². The van der Waals surface area contributed by atoms with Gasteiger partial charge in [0.1, 0.15) is 11.6 Å². The van der Waals surface area contributed by atoms with Crippen molar-refractivity contribution in [3.05, 3.63) is 83.1 Å². The second-order valence-corrected chi connectivity index (χ2v) is 7.63. The highest BCUT2D eigenvalue weighted by atomic mass is 35.5. The van der Waals surface area contributed by atoms with Gasteiger partial charge >= 0.3 is 0 Å². The molecule has 3 rings (SSSR count). The number of hydrogen-bond donors (Lipinski definition) is 2. The Morgan fingerprint density at radius 1 is 0.967 bits per heavy atom. The molecule has 8 heteroatoms. The molecule has 0 atom stereocenters. The van der Waals surface area contributed by atoms with Gasteiger partial charge in [-0.05, 0) is 66.7 Å². The number of carbonyl (C=O) groups excluding carboxylic acids is 2. The highest BCUT2D eigenvalue weighted by molar-refractivity contribution is 8.00. The van der Waals surface area contributed by atoms with Crippen LogP contribution in [0, 0.1) is 5.82 Å². The normalized spacial score (nSPS) is 10.4. The van der Waals surface area contributed by atoms with Crippen LogP contribution in [0.3, 0.4) is 0 Å². The summed E-state index contributed by atoms with van der Waals surface area (Å²) in [5.41, 5.74) is 1.56. The van der Waals surface area contributed by atoms with Crippen LogP contribution in [0.25, 0.3) is 0 Å². The molecule has 0 aromatic heterocycles. The molecule has 0 spiro atoms. The Kier molecular flexibility index (Phi) is 7.32. The van der Waals surface area contributed by atoms with E-state index >= 15 is 0 Å². The molecule has 0 aliphatic rings. The average Bonchev–Trinajstić information content (AvgIpc) is 2.74. The second-order valence-electron chi connectivity index (χ2n) is 6.17. The number of hydrogen-bond acceptors (Lipinski definition) is 4. The predicted octanol–water partition coefficient (Wildman–Crippen LogP) is 5.47. The molecular weight excluding hydrogens is 427 g/mol. The van der Waals surface area contributed by atoms with Crippen molar-refractivity contribution in [2.45, 2.75) is 4.90 Å². The van der Waals surface area contributed by atoms with Gasteiger partial charge in [0.25, 0.3) is 5.91 Å². The number of nitrogens with one attached hydrogen (secondary N) is 2. The average molecular weight is 445 g/mol. The molecule has 2 amide bonds. The summed E-state index contributed by atoms with van der Waals surface area (Å²) < 4.78 is 18.0. The molecule has 3 aromatic rings. The third-order valence-corrected chi connectivity index (χ3v) is 5.33. The number of carbonyl (C=O) groups is 2. The van der Waals surface area contributed by atoms with Gasteiger partial charge in [-0.3, -0.25) is 9.59 Å². The van der Waals surface area contributed by atoms with E-state index in [0.29, 0.717) is 27.7 Å². The van der Waals surface area contributed by atoms with Gasteiger partial charge in [-0.1, -0.05) is 11.6 Å². The fourth-order valence-electron chi connectivity index (χ4n) is 2.53. The van der Waals surface area contributed by atoms with Crippen molar-refractivity contribution in [1.82, 2.24) is 0 Å². The van der Waals surface area contributed by atoms with Gasteiger partial charge in [0.05, 0.1) is 17.9 Å². The van der Waals surface area contributed by atoms with Gasteiger partial charge in [-0.2, -0.15) is 0 Å². The molecule has 3 aromatic carbocycles. The minimum absolute atomic E-state index is 0.171. The Morgan fingerprint density at radius 3 is 2.27 bits per heavy atom. The Labute approximate surface area is 182 Å². The minimum Gasteiger partial charge on any atom is -0.495 e. The molecule has 2 N–H and O–H groups in total. The fraction of sp³-hybridized carbons (Fsp3) is 0.0909. The van der Waals surface area contributed by atoms with Gasteiger partial charge in [-0.15, -0.1) is 11.8 Å². The van der Waals surface area contributed by atoms with Gasteiger partial charge in [-0.25, -0.2) is 4.39 Å². The minimum atomic E-state index is -0.396. The van der Waals surface area contributed by atoms with Crippen LogP contribution in [0.15, 0.2) is 71.6 Å². The maximum Gasteiger partial charge on any atom is 0.255 e. The molecule has 0 radical (unpaired) electrons. The van der Waals surface area contributed by atoms with Crippen LogP contribution in [0.1, 0.15) is 10.4 Å². The first-order valence-electron chi connectivity index (χ1n) is 8.88. The van der Waals surface area contributed by atoms with Crippen molar-refractivity contribution in [1.29, 1.82) is 0 Å². The first kappa shape index (κ1) is 21.7. The monoisotopic (exact) mass is 444 g/mol. The van der Waals surface area contributed by atoms with Crippen molar-refractivity contribution in [3.63, 3.8) is 0 Å². The van der Waals surface area contributed by atoms with Crippen LogP contribution in [-0.2, 0) is 4.79 Å². The smallest absolute Gasteiger partial charge is 0.255 e. The third kappa shape index (κ3) is 5.98. The van der Waals surface area contributed by atoms with E-state index in [1.165, 1.54) is 43.1 Å². The lowest BCUT2D eigenvalue weighted by molar-refractivity contribution is -0.113. The number of methoxy groups -OCH3 is 1. The molecule has 0 unspecified atom stereocenters. The van der Waals surface area contributed by atoms with E-state index in [2.05, 4.69) is 10.6 Å². The number of benzene rings is 3. The number of anilines is 2. The Morgan fingerprint density at radius 2 is 1.63 bits per heavy atom. The molecule has 0 saturated carbocycles. The van der Waals surface area contributed by atoms with Crippen molar-refractivity contribution in [2.24, 2.45) is 0 Å². The predicted molar refractivity (Wildman–Crippen MR) is 118 cm³/mol. The lowest BCUT2D eigenvalue weighted by Gasteiger charge is -2.09. The van der Waals surface area contributed by atoms with Crippen LogP contribution < -0.4 is 15.4 Å². The summed E-state index contributed by atoms with van der Waals surface area (Å²) in [6, 6.07) is 17.4. The summed E-state index contributed by atoms with van der Waals surface area (Å²) in [6.45, 7) is 0. The summed E-state index contributed by atoms with van der Waals surface area (Å²) in [5, 5.41) is 5.94. The molecule has 0 aliphatic carbocycles. The Hall–Kier alpha value is -3.03. The van der Waals surface area contributed by atoms with Gasteiger partial charge in [0, 0.05) is 21.8 Å². The second kappa shape index (κ2) is 10.1. The van der Waals surface area contributed by atoms with Crippen LogP contribution in [0.5, 0.6) is 5.75 Å². The number of thioether (sulfide) groups is 1. The van der Waals surface area contributed by atoms with E-state index in [9.17, 15) is 14.0 Å². The fourth-order valence-corrected chi connectivity index (χ4v) is 3.49. The zero-order valence-corrected chi connectivity index (χ0v) is 17.5. The first-order chi connectivity index (χ1) is 14.4. The Balaban J connectivity index is 1.50. The summed E-state index contributed by atoms with van der Waals surface area (Å²) >= 11 is 7.42. The maximum absolute atomic E-state index is 12.9. The number of ether oxygens (including phenoxy) is 1. The van der Waals surface area contributed by atoms with Crippen molar-refractivity contribution < 1.29 is 18.7 Å². The highest BCUT2D eigenvalue weighted by Gasteiger charge is 2.08. The summed E-state index contributed by atoms with van der Waals surface area (Å²) in [5.74, 6) is -0.143. The molecular formula is C22H18ClFN2O3S. The number of rotatable bonds is 7. The third-order valence-electron chi connectivity index (χ3n) is 4.02. The standard InChI is InChI=1S/C22H18ClFN2O3S/c1-29-20-11-8-17(12-19(20)23)25-21(27)13-30-18-9-6-16(7-10-18)26-22(28)14-2-4-15(24)5-3-14/h2-12H,13H2,1H3,(H,25,27)(H,26,28). The van der Waals surface area contributed by atoms with Crippen molar-refractivity contribution in [3.8, 4) is 5.75 Å². The molecule has 0 bridgehead atoms. The molecule has 30 heavy (non-hydrogen) atoms. The van der Waals surface area contributed by atoms with E-state index in [0.717, 1.165) is 4.90 Å². The van der Waals surface area contributed by atoms with E-state index in [1.807, 2.05) is 12.1 Å². The topological polar surface area (TPSA) is 67.4 Å². The number of halogens is 2. The summed E-state index contributed by atoms with van der Waals surface area (Å²) in [7, 11) is 1.52. The zero-order valence-electron chi connectivity index (χ0n) is 15.9. The van der Waals surface area contributed by atoms with Crippen LogP contribution in [0.2, 0.25) is 5.02 Å². The van der Waals surface area contributed by atoms with E-state index in [4.69, 9.17) is 16.3 Å². The zero-order chi connectivity index (χ0) is 21.5. The largest absolute Gasteiger partial charge is 0.495 e. The molecule has 154 valence electrons. The maximum atomic E-state index is 12.9. The van der Waals surface area contributed by atoms with E-state index < -0.39 is 5.82 Å². The molecule has 0 saturated heterocycles. The first-order valence-corrected chi connectivity index (χ1v) is 10.2. The number of amides is 2. The summed E-state index contributed by atoms with van der Waals surface area (Å²) in [6.07, 6.45) is 0. The van der Waals surface area contributed by atoms with Gasteiger partial charge in [0.15, 0.2) is 0 Å². The molecule has 0 heterocycles. The lowest BCUT2D eigenvalue weighted by Crippen LogP contribution is -2.14. The summed E-state index contributed by atoms with van der Waals surface area (Å²) in [4.78, 5) is 25.2. The van der Waals surface area contributed by atoms with E-state index in [-0.39, 0.29) is 17.6 Å². The van der Waals surface area contributed by atoms with Crippen molar-refractivity contribution >= 4 is 46.6 Å². The van der Waals surface area contributed by atoms with Crippen LogP contribution in [0.4, 0.5) is 15.8 Å². The lowest BCUT2D eigenvalue weighted by atomic mass is 10.2. The quantitative estimate of drug-likeness (QED) is 0.474. The van der Waals surface area contributed by atoms with E-state index in [1.54, 1.807) is 30.3 Å². The van der Waals surface area contributed by atoms with Crippen LogP contribution in [-0.4, -0.2) is 24.7 Å². The van der Waals surface area contributed by atoms with Crippen molar-refractivity contribution in [2.75, 3.05) is 23.5 Å². The Bertz CT molecular complexity index is 1040. The molecule has 5 nitrogen and oxygen atoms in total. The SMILES string of the molecule is COc1ccc(NC(=O)CSc2ccc(NC(=O)c3ccc(F)cc3)cc2)cc1Cl. The molecule has 0 aliphatic heterocycles.